The summed E-state index contributed by atoms with van der Waals surface area (Å²) in [4.78, 5) is 30.1. The first kappa shape index (κ1) is 33.5. The second-order valence-corrected chi connectivity index (χ2v) is 14.6. The molecule has 0 bridgehead atoms. The molecule has 6 heterocycles. The largest absolute Gasteiger partial charge is 0.508 e. The van der Waals surface area contributed by atoms with E-state index in [1.807, 2.05) is 42.1 Å². The summed E-state index contributed by atoms with van der Waals surface area (Å²) in [5, 5.41) is 16.7. The van der Waals surface area contributed by atoms with Crippen LogP contribution in [-0.4, -0.2) is 80.7 Å². The monoisotopic (exact) mass is 721 g/mol. The highest BCUT2D eigenvalue weighted by atomic mass is 19.1. The van der Waals surface area contributed by atoms with Crippen LogP contribution in [0.25, 0.3) is 10.8 Å². The van der Waals surface area contributed by atoms with E-state index in [4.69, 9.17) is 24.5 Å². The molecule has 2 fully saturated rings. The lowest BCUT2D eigenvalue weighted by Crippen LogP contribution is -2.43. The minimum absolute atomic E-state index is 0.0291. The molecule has 5 aromatic rings. The third-order valence-electron chi connectivity index (χ3n) is 11.5. The van der Waals surface area contributed by atoms with E-state index in [1.165, 1.54) is 12.1 Å². The van der Waals surface area contributed by atoms with Crippen LogP contribution < -0.4 is 19.3 Å². The van der Waals surface area contributed by atoms with Gasteiger partial charge in [0.15, 0.2) is 0 Å². The van der Waals surface area contributed by atoms with Gasteiger partial charge in [0.1, 0.15) is 41.5 Å². The van der Waals surface area contributed by atoms with Crippen molar-refractivity contribution in [1.29, 1.82) is 0 Å². The molecule has 3 aromatic carbocycles. The summed E-state index contributed by atoms with van der Waals surface area (Å²) in [7, 11) is 1.65. The van der Waals surface area contributed by atoms with Gasteiger partial charge in [0.05, 0.1) is 43.3 Å². The molecule has 11 nitrogen and oxygen atoms in total. The van der Waals surface area contributed by atoms with E-state index < -0.39 is 11.7 Å². The van der Waals surface area contributed by atoms with Crippen LogP contribution in [0.5, 0.6) is 17.5 Å². The van der Waals surface area contributed by atoms with E-state index in [1.54, 1.807) is 24.1 Å². The Morgan fingerprint density at radius 2 is 1.92 bits per heavy atom. The van der Waals surface area contributed by atoms with Gasteiger partial charge < -0.3 is 24.4 Å². The number of hydrogen-bond acceptors (Lipinski definition) is 9. The molecule has 2 saturated heterocycles. The van der Waals surface area contributed by atoms with Crippen molar-refractivity contribution >= 4 is 28.2 Å². The molecule has 0 spiro atoms. The van der Waals surface area contributed by atoms with Gasteiger partial charge >= 0.3 is 6.01 Å². The molecule has 1 N–H and O–H groups in total. The van der Waals surface area contributed by atoms with Crippen LogP contribution in [0.1, 0.15) is 64.6 Å². The maximum absolute atomic E-state index is 15.2. The number of aromatic hydroxyl groups is 1. The number of rotatable bonds is 9. The number of alkyl halides is 1. The van der Waals surface area contributed by atoms with Crippen molar-refractivity contribution in [3.05, 3.63) is 94.2 Å². The number of anilines is 2. The summed E-state index contributed by atoms with van der Waals surface area (Å²) in [6, 6.07) is 14.2. The number of methoxy groups -OCH3 is 1. The highest BCUT2D eigenvalue weighted by Gasteiger charge is 2.49. The predicted octanol–water partition coefficient (Wildman–Crippen LogP) is 5.97. The van der Waals surface area contributed by atoms with E-state index in [2.05, 4.69) is 9.80 Å². The highest BCUT2D eigenvalue weighted by Crippen LogP contribution is 2.43. The van der Waals surface area contributed by atoms with Gasteiger partial charge in [0.2, 0.25) is 0 Å². The highest BCUT2D eigenvalue weighted by molar-refractivity contribution is 6.16. The minimum Gasteiger partial charge on any atom is -0.508 e. The average Bonchev–Trinajstić information content (AvgIpc) is 3.91. The number of aromatic nitrogens is 4. The van der Waals surface area contributed by atoms with Gasteiger partial charge in [0, 0.05) is 55.2 Å². The Morgan fingerprint density at radius 1 is 1.08 bits per heavy atom. The van der Waals surface area contributed by atoms with Gasteiger partial charge in [-0.1, -0.05) is 25.1 Å². The number of halogens is 2. The molecule has 0 unspecified atom stereocenters. The molecule has 4 aliphatic rings. The summed E-state index contributed by atoms with van der Waals surface area (Å²) in [5.41, 5.74) is 4.57. The summed E-state index contributed by atoms with van der Waals surface area (Å²) < 4.78 is 43.5. The van der Waals surface area contributed by atoms with Gasteiger partial charge in [-0.05, 0) is 66.6 Å². The number of carbonyl (C=O) groups excluding carboxylic acids is 1. The second kappa shape index (κ2) is 13.0. The Kier molecular flexibility index (Phi) is 8.21. The molecule has 0 aliphatic carbocycles. The zero-order valence-electron chi connectivity index (χ0n) is 29.8. The van der Waals surface area contributed by atoms with Gasteiger partial charge in [-0.3, -0.25) is 14.4 Å². The number of benzene rings is 3. The number of phenolic OH excluding ortho intramolecular Hbond substituents is 1. The number of nitrogens with zero attached hydrogens (tertiary/aromatic N) is 7. The molecule has 274 valence electrons. The molecule has 2 aromatic heterocycles. The first-order chi connectivity index (χ1) is 25.7. The fourth-order valence-electron chi connectivity index (χ4n) is 8.95. The van der Waals surface area contributed by atoms with Crippen molar-refractivity contribution in [3.8, 4) is 17.5 Å². The van der Waals surface area contributed by atoms with E-state index in [9.17, 15) is 14.3 Å². The van der Waals surface area contributed by atoms with Crippen LogP contribution >= 0.6 is 0 Å². The zero-order valence-corrected chi connectivity index (χ0v) is 29.8. The molecule has 13 heteroatoms. The summed E-state index contributed by atoms with van der Waals surface area (Å²) >= 11 is 0. The standard InChI is InChI=1S/C40H41F2N7O4/c1-3-30-31(42)10-7-25-15-28(50)16-34(35(25)30)48-22-32-36(38(48)51)37(45-39(44-32)53-23-40-12-4-13-47(40)21-27(41)17-40)46-14-11-33-26(20-46)18-43-49(33)19-24-5-8-29(52-2)9-6-24/h5-10,15-16,18,27,50H,3-4,11-14,17,19-23H2,1-2H3/t27-,40+/m1/s1. The SMILES string of the molecule is CCc1c(F)ccc2cc(O)cc(N3Cc4nc(OC[C@@]56CCCN5C[C@H](F)C6)nc(N5CCc6c(cnn6Cc6ccc(OC)cc6)C5)c4C3=O)c12. The Hall–Kier alpha value is -5.30. The number of carbonyl (C=O) groups is 1. The van der Waals surface area contributed by atoms with Crippen molar-refractivity contribution in [2.75, 3.05) is 43.2 Å². The molecular formula is C40H41F2N7O4. The van der Waals surface area contributed by atoms with Crippen LogP contribution in [0.2, 0.25) is 0 Å². The lowest BCUT2D eigenvalue weighted by molar-refractivity contribution is 0.0996. The topological polar surface area (TPSA) is 109 Å². The van der Waals surface area contributed by atoms with Gasteiger partial charge in [0.25, 0.3) is 5.91 Å². The van der Waals surface area contributed by atoms with Crippen molar-refractivity contribution in [3.63, 3.8) is 0 Å². The predicted molar refractivity (Wildman–Crippen MR) is 195 cm³/mol. The Bertz CT molecular complexity index is 2250. The average molecular weight is 722 g/mol. The minimum atomic E-state index is -0.898. The Labute approximate surface area is 305 Å². The lowest BCUT2D eigenvalue weighted by atomic mass is 9.95. The molecule has 9 rings (SSSR count). The third kappa shape index (κ3) is 5.72. The smallest absolute Gasteiger partial charge is 0.318 e. The summed E-state index contributed by atoms with van der Waals surface area (Å²) in [5.74, 6) is 0.515. The van der Waals surface area contributed by atoms with Crippen LogP contribution in [-0.2, 0) is 32.5 Å². The van der Waals surface area contributed by atoms with Crippen molar-refractivity contribution in [1.82, 2.24) is 24.6 Å². The first-order valence-corrected chi connectivity index (χ1v) is 18.3. The van der Waals surface area contributed by atoms with E-state index >= 15 is 4.39 Å². The Balaban J connectivity index is 1.07. The lowest BCUT2D eigenvalue weighted by Gasteiger charge is -2.31. The number of hydrogen-bond donors (Lipinski definition) is 1. The van der Waals surface area contributed by atoms with Crippen molar-refractivity contribution < 1.29 is 28.2 Å². The van der Waals surface area contributed by atoms with Gasteiger partial charge in [-0.2, -0.15) is 15.1 Å². The van der Waals surface area contributed by atoms with Crippen LogP contribution in [0.15, 0.2) is 54.7 Å². The number of aryl methyl sites for hydroxylation is 1. The quantitative estimate of drug-likeness (QED) is 0.197. The maximum Gasteiger partial charge on any atom is 0.318 e. The zero-order chi connectivity index (χ0) is 36.4. The molecular weight excluding hydrogens is 680 g/mol. The fraction of sp³-hybridized carbons (Fsp3) is 0.400. The molecule has 0 saturated carbocycles. The van der Waals surface area contributed by atoms with Crippen LogP contribution in [0, 0.1) is 5.82 Å². The molecule has 2 atom stereocenters. The van der Waals surface area contributed by atoms with E-state index in [-0.39, 0.29) is 36.6 Å². The second-order valence-electron chi connectivity index (χ2n) is 14.6. The van der Waals surface area contributed by atoms with Crippen LogP contribution in [0.3, 0.4) is 0 Å². The molecule has 4 aliphatic heterocycles. The maximum atomic E-state index is 15.2. The fourth-order valence-corrected chi connectivity index (χ4v) is 8.95. The van der Waals surface area contributed by atoms with E-state index in [0.29, 0.717) is 84.5 Å². The molecule has 1 amide bonds. The summed E-state index contributed by atoms with van der Waals surface area (Å²) in [6.07, 6.45) is 4.28. The van der Waals surface area contributed by atoms with Crippen molar-refractivity contribution in [2.24, 2.45) is 0 Å². The van der Waals surface area contributed by atoms with Crippen molar-refractivity contribution in [2.45, 2.75) is 70.4 Å². The van der Waals surface area contributed by atoms with Gasteiger partial charge in [-0.15, -0.1) is 0 Å². The van der Waals surface area contributed by atoms with Gasteiger partial charge in [-0.25, -0.2) is 8.78 Å². The molecule has 53 heavy (non-hydrogen) atoms. The normalized spacial score (nSPS) is 21.0. The molecule has 0 radical (unpaired) electrons. The first-order valence-electron chi connectivity index (χ1n) is 18.3. The Morgan fingerprint density at radius 3 is 2.74 bits per heavy atom. The number of fused-ring (bicyclic) bond motifs is 4. The number of phenols is 1. The summed E-state index contributed by atoms with van der Waals surface area (Å²) in [6.45, 7) is 5.10. The van der Waals surface area contributed by atoms with Crippen LogP contribution in [0.4, 0.5) is 20.3 Å². The number of ether oxygens (including phenoxy) is 2. The number of amides is 1. The third-order valence-corrected chi connectivity index (χ3v) is 11.5. The van der Waals surface area contributed by atoms with E-state index in [0.717, 1.165) is 42.0 Å².